The molecular weight excluding hydrogens is 304 g/mol. The maximum atomic E-state index is 12.3. The van der Waals surface area contributed by atoms with Gasteiger partial charge in [-0.25, -0.2) is 0 Å². The van der Waals surface area contributed by atoms with Gasteiger partial charge in [0.25, 0.3) is 0 Å². The number of rotatable bonds is 8. The zero-order valence-corrected chi connectivity index (χ0v) is 14.3. The summed E-state index contributed by atoms with van der Waals surface area (Å²) in [6.45, 7) is 2.73. The standard InChI is InChI=1S/C20H26O4/c1-2-14-23-19(21)17-12-6-7-13-18(17)20(22)24-15-8-11-16-9-4-3-5-10-16/h3-7,9-10,17-18H,2,8,11-15H2,1H3. The minimum absolute atomic E-state index is 0.285. The monoisotopic (exact) mass is 330 g/mol. The molecule has 1 aliphatic carbocycles. The highest BCUT2D eigenvalue weighted by atomic mass is 16.5. The van der Waals surface area contributed by atoms with Gasteiger partial charge < -0.3 is 9.47 Å². The molecule has 0 saturated carbocycles. The summed E-state index contributed by atoms with van der Waals surface area (Å²) < 4.78 is 10.6. The summed E-state index contributed by atoms with van der Waals surface area (Å²) in [5.74, 6) is -1.41. The number of carbonyl (C=O) groups is 2. The maximum absolute atomic E-state index is 12.3. The fraction of sp³-hybridized carbons (Fsp3) is 0.500. The van der Waals surface area contributed by atoms with Gasteiger partial charge >= 0.3 is 11.9 Å². The predicted molar refractivity (Wildman–Crippen MR) is 92.3 cm³/mol. The topological polar surface area (TPSA) is 52.6 Å². The van der Waals surface area contributed by atoms with Crippen LogP contribution in [0.1, 0.15) is 38.2 Å². The Kier molecular flexibility index (Phi) is 7.53. The van der Waals surface area contributed by atoms with E-state index in [1.54, 1.807) is 0 Å². The third kappa shape index (κ3) is 5.52. The molecule has 0 amide bonds. The van der Waals surface area contributed by atoms with Crippen LogP contribution in [0.15, 0.2) is 42.5 Å². The summed E-state index contributed by atoms with van der Waals surface area (Å²) in [6, 6.07) is 10.1. The highest BCUT2D eigenvalue weighted by molar-refractivity contribution is 5.82. The Morgan fingerprint density at radius 1 is 0.958 bits per heavy atom. The van der Waals surface area contributed by atoms with Crippen molar-refractivity contribution in [3.05, 3.63) is 48.0 Å². The SMILES string of the molecule is CCCOC(=O)C1CC=CCC1C(=O)OCCCc1ccccc1. The summed E-state index contributed by atoms with van der Waals surface area (Å²) in [6.07, 6.45) is 7.42. The van der Waals surface area contributed by atoms with E-state index < -0.39 is 11.8 Å². The fourth-order valence-corrected chi connectivity index (χ4v) is 2.85. The van der Waals surface area contributed by atoms with E-state index in [0.29, 0.717) is 26.1 Å². The molecule has 2 atom stereocenters. The molecule has 0 N–H and O–H groups in total. The average Bonchev–Trinajstić information content (AvgIpc) is 2.64. The Hall–Kier alpha value is -2.10. The molecular formula is C20H26O4. The number of carbonyl (C=O) groups excluding carboxylic acids is 2. The molecule has 2 unspecified atom stereocenters. The minimum Gasteiger partial charge on any atom is -0.465 e. The van der Waals surface area contributed by atoms with E-state index >= 15 is 0 Å². The van der Waals surface area contributed by atoms with Crippen molar-refractivity contribution in [1.29, 1.82) is 0 Å². The third-order valence-corrected chi connectivity index (χ3v) is 4.18. The molecule has 4 heteroatoms. The Labute approximate surface area is 143 Å². The van der Waals surface area contributed by atoms with Gasteiger partial charge in [-0.1, -0.05) is 49.4 Å². The number of hydrogen-bond donors (Lipinski definition) is 0. The fourth-order valence-electron chi connectivity index (χ4n) is 2.85. The molecule has 0 aromatic heterocycles. The van der Waals surface area contributed by atoms with Gasteiger partial charge in [0.15, 0.2) is 0 Å². The van der Waals surface area contributed by atoms with Gasteiger partial charge in [-0.2, -0.15) is 0 Å². The molecule has 0 aliphatic heterocycles. The molecule has 0 saturated heterocycles. The summed E-state index contributed by atoms with van der Waals surface area (Å²) >= 11 is 0. The number of allylic oxidation sites excluding steroid dienone is 2. The molecule has 0 bridgehead atoms. The molecule has 0 heterocycles. The van der Waals surface area contributed by atoms with Crippen LogP contribution in [0.4, 0.5) is 0 Å². The van der Waals surface area contributed by atoms with E-state index in [1.165, 1.54) is 5.56 Å². The zero-order valence-electron chi connectivity index (χ0n) is 14.3. The van der Waals surface area contributed by atoms with Gasteiger partial charge in [0.05, 0.1) is 25.0 Å². The van der Waals surface area contributed by atoms with Crippen LogP contribution < -0.4 is 0 Å². The van der Waals surface area contributed by atoms with Crippen LogP contribution >= 0.6 is 0 Å². The van der Waals surface area contributed by atoms with Crippen LogP contribution in [0.3, 0.4) is 0 Å². The van der Waals surface area contributed by atoms with Gasteiger partial charge in [-0.05, 0) is 37.7 Å². The molecule has 0 spiro atoms. The minimum atomic E-state index is -0.420. The molecule has 1 aliphatic rings. The molecule has 4 nitrogen and oxygen atoms in total. The Morgan fingerprint density at radius 3 is 2.12 bits per heavy atom. The van der Waals surface area contributed by atoms with Crippen molar-refractivity contribution < 1.29 is 19.1 Å². The first kappa shape index (κ1) is 18.2. The number of benzene rings is 1. The van der Waals surface area contributed by atoms with E-state index in [2.05, 4.69) is 12.1 Å². The van der Waals surface area contributed by atoms with Gasteiger partial charge in [0.2, 0.25) is 0 Å². The van der Waals surface area contributed by atoms with Crippen LogP contribution in [0.5, 0.6) is 0 Å². The number of hydrogen-bond acceptors (Lipinski definition) is 4. The van der Waals surface area contributed by atoms with Crippen LogP contribution in [0, 0.1) is 11.8 Å². The molecule has 130 valence electrons. The first-order valence-corrected chi connectivity index (χ1v) is 8.74. The summed E-state index contributed by atoms with van der Waals surface area (Å²) in [4.78, 5) is 24.5. The van der Waals surface area contributed by atoms with E-state index in [0.717, 1.165) is 19.3 Å². The van der Waals surface area contributed by atoms with Crippen molar-refractivity contribution in [3.8, 4) is 0 Å². The zero-order chi connectivity index (χ0) is 17.2. The second-order valence-corrected chi connectivity index (χ2v) is 6.08. The Morgan fingerprint density at radius 2 is 1.54 bits per heavy atom. The highest BCUT2D eigenvalue weighted by Crippen LogP contribution is 2.28. The van der Waals surface area contributed by atoms with E-state index in [4.69, 9.17) is 9.47 Å². The second-order valence-electron chi connectivity index (χ2n) is 6.08. The lowest BCUT2D eigenvalue weighted by atomic mass is 9.83. The smallest absolute Gasteiger partial charge is 0.310 e. The maximum Gasteiger partial charge on any atom is 0.310 e. The van der Waals surface area contributed by atoms with Crippen LogP contribution in [-0.4, -0.2) is 25.2 Å². The van der Waals surface area contributed by atoms with Crippen molar-refractivity contribution >= 4 is 11.9 Å². The van der Waals surface area contributed by atoms with E-state index in [1.807, 2.05) is 37.3 Å². The molecule has 1 aromatic rings. The predicted octanol–water partition coefficient (Wildman–Crippen LogP) is 3.70. The van der Waals surface area contributed by atoms with Crippen LogP contribution in [0.25, 0.3) is 0 Å². The van der Waals surface area contributed by atoms with Crippen molar-refractivity contribution in [1.82, 2.24) is 0 Å². The largest absolute Gasteiger partial charge is 0.465 e. The normalized spacial score (nSPS) is 19.7. The lowest BCUT2D eigenvalue weighted by molar-refractivity contribution is -0.161. The highest BCUT2D eigenvalue weighted by Gasteiger charge is 2.36. The number of aryl methyl sites for hydroxylation is 1. The molecule has 1 aromatic carbocycles. The molecule has 0 radical (unpaired) electrons. The average molecular weight is 330 g/mol. The summed E-state index contributed by atoms with van der Waals surface area (Å²) in [5.41, 5.74) is 1.23. The van der Waals surface area contributed by atoms with E-state index in [9.17, 15) is 9.59 Å². The van der Waals surface area contributed by atoms with Gasteiger partial charge in [0, 0.05) is 0 Å². The van der Waals surface area contributed by atoms with Crippen molar-refractivity contribution in [2.75, 3.05) is 13.2 Å². The van der Waals surface area contributed by atoms with Gasteiger partial charge in [-0.3, -0.25) is 9.59 Å². The molecule has 2 rings (SSSR count). The summed E-state index contributed by atoms with van der Waals surface area (Å²) in [7, 11) is 0. The van der Waals surface area contributed by atoms with Crippen molar-refractivity contribution in [2.24, 2.45) is 11.8 Å². The Bertz CT molecular complexity index is 550. The first-order chi connectivity index (χ1) is 11.7. The third-order valence-electron chi connectivity index (χ3n) is 4.18. The van der Waals surface area contributed by atoms with Crippen molar-refractivity contribution in [3.63, 3.8) is 0 Å². The quantitative estimate of drug-likeness (QED) is 0.414. The van der Waals surface area contributed by atoms with Gasteiger partial charge in [-0.15, -0.1) is 0 Å². The number of esters is 2. The Balaban J connectivity index is 1.78. The molecule has 0 fully saturated rings. The van der Waals surface area contributed by atoms with Crippen LogP contribution in [0.2, 0.25) is 0 Å². The molecule has 24 heavy (non-hydrogen) atoms. The van der Waals surface area contributed by atoms with Crippen molar-refractivity contribution in [2.45, 2.75) is 39.0 Å². The lowest BCUT2D eigenvalue weighted by Crippen LogP contribution is -2.34. The van der Waals surface area contributed by atoms with Crippen LogP contribution in [-0.2, 0) is 25.5 Å². The second kappa shape index (κ2) is 9.91. The van der Waals surface area contributed by atoms with E-state index in [-0.39, 0.29) is 11.9 Å². The summed E-state index contributed by atoms with van der Waals surface area (Å²) in [5, 5.41) is 0. The number of ether oxygens (including phenoxy) is 2. The lowest BCUT2D eigenvalue weighted by Gasteiger charge is -2.25. The first-order valence-electron chi connectivity index (χ1n) is 8.74. The van der Waals surface area contributed by atoms with Gasteiger partial charge in [0.1, 0.15) is 0 Å².